The van der Waals surface area contributed by atoms with E-state index in [1.165, 1.54) is 96.4 Å². The van der Waals surface area contributed by atoms with Crippen molar-refractivity contribution in [1.29, 1.82) is 0 Å². The van der Waals surface area contributed by atoms with E-state index in [0.29, 0.717) is 12.2 Å². The first kappa shape index (κ1) is 22.4. The van der Waals surface area contributed by atoms with Gasteiger partial charge in [-0.05, 0) is 33.1 Å². The third-order valence-corrected chi connectivity index (χ3v) is 5.59. The number of nitrogens with zero attached hydrogens (tertiary/aromatic N) is 2. The summed E-state index contributed by atoms with van der Waals surface area (Å²) in [5.74, 6) is 0. The second kappa shape index (κ2) is 14.5. The molecule has 25 heavy (non-hydrogen) atoms. The van der Waals surface area contributed by atoms with E-state index in [-0.39, 0.29) is 0 Å². The van der Waals surface area contributed by atoms with Crippen molar-refractivity contribution in [3.8, 4) is 0 Å². The van der Waals surface area contributed by atoms with Crippen LogP contribution in [0.1, 0.15) is 118 Å². The van der Waals surface area contributed by atoms with Crippen molar-refractivity contribution in [3.63, 3.8) is 0 Å². The lowest BCUT2D eigenvalue weighted by Crippen LogP contribution is -2.42. The Balaban J connectivity index is 2.24. The molecule has 0 spiro atoms. The molecule has 0 fully saturated rings. The van der Waals surface area contributed by atoms with Crippen molar-refractivity contribution >= 4 is 0 Å². The summed E-state index contributed by atoms with van der Waals surface area (Å²) in [5, 5.41) is 0. The molecule has 1 rings (SSSR count). The number of hydrogen-bond acceptors (Lipinski definition) is 2. The average molecular weight is 351 g/mol. The van der Waals surface area contributed by atoms with E-state index in [1.807, 2.05) is 0 Å². The van der Waals surface area contributed by atoms with Crippen LogP contribution in [-0.4, -0.2) is 28.6 Å². The topological polar surface area (TPSA) is 6.48 Å². The average Bonchev–Trinajstić information content (AvgIpc) is 3.00. The first-order valence-corrected chi connectivity index (χ1v) is 11.4. The van der Waals surface area contributed by atoms with Crippen molar-refractivity contribution in [2.75, 3.05) is 6.54 Å². The molecule has 0 radical (unpaired) electrons. The fourth-order valence-corrected chi connectivity index (χ4v) is 3.95. The Morgan fingerprint density at radius 1 is 0.680 bits per heavy atom. The molecular weight excluding hydrogens is 304 g/mol. The molecular formula is C23H46N2. The van der Waals surface area contributed by atoms with Gasteiger partial charge in [0.25, 0.3) is 0 Å². The molecule has 0 bridgehead atoms. The maximum absolute atomic E-state index is 2.62. The highest BCUT2D eigenvalue weighted by Crippen LogP contribution is 2.24. The maximum atomic E-state index is 2.62. The zero-order chi connectivity index (χ0) is 18.3. The third-order valence-electron chi connectivity index (χ3n) is 5.59. The van der Waals surface area contributed by atoms with Crippen molar-refractivity contribution in [1.82, 2.24) is 9.80 Å². The highest BCUT2D eigenvalue weighted by Gasteiger charge is 2.26. The Kier molecular flexibility index (Phi) is 13.0. The minimum absolute atomic E-state index is 0.611. The molecule has 0 aliphatic carbocycles. The zero-order valence-corrected chi connectivity index (χ0v) is 17.8. The molecule has 0 saturated carbocycles. The van der Waals surface area contributed by atoms with Gasteiger partial charge in [-0.3, -0.25) is 0 Å². The van der Waals surface area contributed by atoms with Gasteiger partial charge >= 0.3 is 0 Å². The Morgan fingerprint density at radius 2 is 1.20 bits per heavy atom. The molecule has 1 aliphatic heterocycles. The van der Waals surface area contributed by atoms with Crippen LogP contribution >= 0.6 is 0 Å². The lowest BCUT2D eigenvalue weighted by molar-refractivity contribution is 0.114. The van der Waals surface area contributed by atoms with Crippen molar-refractivity contribution in [2.24, 2.45) is 0 Å². The normalized spacial score (nSPS) is 17.2. The smallest absolute Gasteiger partial charge is 0.101 e. The van der Waals surface area contributed by atoms with Gasteiger partial charge in [0, 0.05) is 25.0 Å². The minimum atomic E-state index is 0.611. The van der Waals surface area contributed by atoms with Gasteiger partial charge in [0.05, 0.1) is 0 Å². The fourth-order valence-electron chi connectivity index (χ4n) is 3.95. The van der Waals surface area contributed by atoms with E-state index in [9.17, 15) is 0 Å². The third kappa shape index (κ3) is 9.56. The summed E-state index contributed by atoms with van der Waals surface area (Å²) in [4.78, 5) is 5.20. The summed E-state index contributed by atoms with van der Waals surface area (Å²) in [6, 6.07) is 0.611. The Bertz CT molecular complexity index is 324. The molecule has 0 aromatic rings. The summed E-state index contributed by atoms with van der Waals surface area (Å²) in [6.45, 7) is 10.5. The van der Waals surface area contributed by atoms with Crippen LogP contribution in [0.4, 0.5) is 0 Å². The van der Waals surface area contributed by atoms with Crippen LogP contribution in [0.5, 0.6) is 0 Å². The number of unbranched alkanes of at least 4 members (excludes halogenated alkanes) is 11. The van der Waals surface area contributed by atoms with Gasteiger partial charge in [0.2, 0.25) is 0 Å². The summed E-state index contributed by atoms with van der Waals surface area (Å²) < 4.78 is 0. The van der Waals surface area contributed by atoms with Gasteiger partial charge in [-0.2, -0.15) is 0 Å². The van der Waals surface area contributed by atoms with Crippen LogP contribution in [0.15, 0.2) is 12.4 Å². The second-order valence-electron chi connectivity index (χ2n) is 8.24. The fraction of sp³-hybridized carbons (Fsp3) is 0.913. The maximum Gasteiger partial charge on any atom is 0.101 e. The van der Waals surface area contributed by atoms with E-state index in [2.05, 4.69) is 49.9 Å². The molecule has 0 amide bonds. The predicted octanol–water partition coefficient (Wildman–Crippen LogP) is 7.31. The quantitative estimate of drug-likeness (QED) is 0.269. The molecule has 1 heterocycles. The lowest BCUT2D eigenvalue weighted by atomic mass is 10.1. The Hall–Kier alpha value is -0.660. The standard InChI is InChI=1S/C23H46N2/c1-5-7-9-11-13-15-17-19-24-20-21-25(22(3)4)23(24)18-16-14-12-10-8-6-2/h20-23H,5-19H2,1-4H3. The van der Waals surface area contributed by atoms with Gasteiger partial charge in [-0.1, -0.05) is 84.5 Å². The van der Waals surface area contributed by atoms with E-state index in [0.717, 1.165) is 0 Å². The lowest BCUT2D eigenvalue weighted by Gasteiger charge is -2.35. The Labute approximate surface area is 159 Å². The largest absolute Gasteiger partial charge is 0.356 e. The van der Waals surface area contributed by atoms with Crippen molar-refractivity contribution in [3.05, 3.63) is 12.4 Å². The first-order chi connectivity index (χ1) is 12.2. The molecule has 2 heteroatoms. The van der Waals surface area contributed by atoms with Gasteiger partial charge in [0.15, 0.2) is 0 Å². The first-order valence-electron chi connectivity index (χ1n) is 11.4. The SMILES string of the molecule is CCCCCCCCCN1C=CN(C(C)C)C1CCCCCCCC. The molecule has 1 unspecified atom stereocenters. The highest BCUT2D eigenvalue weighted by atomic mass is 15.4. The van der Waals surface area contributed by atoms with Gasteiger partial charge in [-0.15, -0.1) is 0 Å². The van der Waals surface area contributed by atoms with Crippen LogP contribution in [-0.2, 0) is 0 Å². The summed E-state index contributed by atoms with van der Waals surface area (Å²) >= 11 is 0. The van der Waals surface area contributed by atoms with Crippen LogP contribution < -0.4 is 0 Å². The molecule has 148 valence electrons. The summed E-state index contributed by atoms with van der Waals surface area (Å²) in [5.41, 5.74) is 0. The van der Waals surface area contributed by atoms with Gasteiger partial charge in [0.1, 0.15) is 6.17 Å². The van der Waals surface area contributed by atoms with Gasteiger partial charge in [-0.25, -0.2) is 0 Å². The van der Waals surface area contributed by atoms with Crippen LogP contribution in [0, 0.1) is 0 Å². The monoisotopic (exact) mass is 350 g/mol. The number of rotatable bonds is 16. The van der Waals surface area contributed by atoms with Crippen molar-refractivity contribution in [2.45, 2.75) is 130 Å². The van der Waals surface area contributed by atoms with E-state index >= 15 is 0 Å². The molecule has 0 aromatic carbocycles. The molecule has 0 saturated heterocycles. The van der Waals surface area contributed by atoms with Gasteiger partial charge < -0.3 is 9.80 Å². The molecule has 1 atom stereocenters. The number of hydrogen-bond donors (Lipinski definition) is 0. The van der Waals surface area contributed by atoms with Crippen LogP contribution in [0.25, 0.3) is 0 Å². The van der Waals surface area contributed by atoms with E-state index in [4.69, 9.17) is 0 Å². The molecule has 1 aliphatic rings. The minimum Gasteiger partial charge on any atom is -0.356 e. The summed E-state index contributed by atoms with van der Waals surface area (Å²) in [6.07, 6.45) is 24.9. The summed E-state index contributed by atoms with van der Waals surface area (Å²) in [7, 11) is 0. The van der Waals surface area contributed by atoms with E-state index in [1.54, 1.807) is 0 Å². The second-order valence-corrected chi connectivity index (χ2v) is 8.24. The van der Waals surface area contributed by atoms with E-state index < -0.39 is 0 Å². The predicted molar refractivity (Wildman–Crippen MR) is 113 cm³/mol. The van der Waals surface area contributed by atoms with Crippen LogP contribution in [0.3, 0.4) is 0 Å². The van der Waals surface area contributed by atoms with Crippen LogP contribution in [0.2, 0.25) is 0 Å². The zero-order valence-electron chi connectivity index (χ0n) is 17.8. The highest BCUT2D eigenvalue weighted by molar-refractivity contribution is 4.98. The molecule has 0 N–H and O–H groups in total. The Morgan fingerprint density at radius 3 is 1.76 bits per heavy atom. The molecule has 2 nitrogen and oxygen atoms in total. The van der Waals surface area contributed by atoms with Crippen molar-refractivity contribution < 1.29 is 0 Å². The molecule has 0 aromatic heterocycles.